The molecule has 252 valence electrons. The van der Waals surface area contributed by atoms with Gasteiger partial charge in [0.05, 0.1) is 5.69 Å². The Labute approximate surface area is 263 Å². The van der Waals surface area contributed by atoms with Crippen molar-refractivity contribution in [1.29, 1.82) is 0 Å². The molecule has 0 spiro atoms. The molecular weight excluding hydrogens is 612 g/mol. The van der Waals surface area contributed by atoms with Crippen LogP contribution in [0.4, 0.5) is 10.5 Å². The van der Waals surface area contributed by atoms with E-state index in [9.17, 15) is 49.2 Å². The number of aliphatic hydroxyl groups is 3. The fourth-order valence-corrected chi connectivity index (χ4v) is 4.49. The van der Waals surface area contributed by atoms with Crippen molar-refractivity contribution in [2.45, 2.75) is 76.3 Å². The Morgan fingerprint density at radius 2 is 1.63 bits per heavy atom. The number of rotatable bonds is 16. The van der Waals surface area contributed by atoms with Gasteiger partial charge >= 0.3 is 12.1 Å². The Balaban J connectivity index is 1.55. The Morgan fingerprint density at radius 1 is 0.913 bits per heavy atom. The minimum absolute atomic E-state index is 0.0155. The van der Waals surface area contributed by atoms with Crippen LogP contribution in [-0.2, 0) is 40.1 Å². The van der Waals surface area contributed by atoms with Gasteiger partial charge in [-0.25, -0.2) is 9.59 Å². The molecule has 2 aliphatic heterocycles. The van der Waals surface area contributed by atoms with E-state index in [2.05, 4.69) is 16.0 Å². The fraction of sp³-hybridized carbons (Fsp3) is 0.517. The molecule has 0 radical (unpaired) electrons. The third-order valence-corrected chi connectivity index (χ3v) is 6.93. The van der Waals surface area contributed by atoms with Gasteiger partial charge in [0.2, 0.25) is 18.1 Å². The number of anilines is 1. The maximum absolute atomic E-state index is 12.8. The van der Waals surface area contributed by atoms with Crippen LogP contribution in [0, 0.1) is 0 Å². The molecule has 3 rings (SSSR count). The second-order valence-electron chi connectivity index (χ2n) is 10.4. The first-order chi connectivity index (χ1) is 21.9. The number of aliphatic carboxylic acids is 1. The SMILES string of the molecule is CCNC(=O)OCc1ccc(O[C@@H]2OC(C(=O)O)[C@@H](O)[C@H](O)C2O)c(NC(=O)CCNC(=O)CCCCCN2C(=O)C=CC2=O)c1. The first-order valence-corrected chi connectivity index (χ1v) is 14.6. The number of ether oxygens (including phenoxy) is 3. The number of benzene rings is 1. The van der Waals surface area contributed by atoms with Gasteiger partial charge in [-0.1, -0.05) is 12.5 Å². The number of carboxylic acids is 1. The minimum atomic E-state index is -1.93. The predicted molar refractivity (Wildman–Crippen MR) is 156 cm³/mol. The molecule has 2 heterocycles. The highest BCUT2D eigenvalue weighted by Gasteiger charge is 2.48. The number of amides is 5. The average Bonchev–Trinajstić information content (AvgIpc) is 3.33. The summed E-state index contributed by atoms with van der Waals surface area (Å²) in [5, 5.41) is 47.4. The van der Waals surface area contributed by atoms with Crippen molar-refractivity contribution in [1.82, 2.24) is 15.5 Å². The summed E-state index contributed by atoms with van der Waals surface area (Å²) in [6.07, 6.45) is -5.94. The molecule has 7 N–H and O–H groups in total. The van der Waals surface area contributed by atoms with Gasteiger partial charge in [-0.15, -0.1) is 0 Å². The quantitative estimate of drug-likeness (QED) is 0.0850. The molecular formula is C29H38N4O13. The number of carbonyl (C=O) groups excluding carboxylic acids is 5. The molecule has 17 heteroatoms. The summed E-state index contributed by atoms with van der Waals surface area (Å²) < 4.78 is 15.9. The van der Waals surface area contributed by atoms with E-state index in [0.29, 0.717) is 31.4 Å². The average molecular weight is 651 g/mol. The summed E-state index contributed by atoms with van der Waals surface area (Å²) in [5.41, 5.74) is 0.433. The van der Waals surface area contributed by atoms with Crippen LogP contribution in [-0.4, -0.2) is 111 Å². The lowest BCUT2D eigenvalue weighted by Gasteiger charge is -2.38. The molecule has 5 amide bonds. The van der Waals surface area contributed by atoms with Crippen molar-refractivity contribution in [3.05, 3.63) is 35.9 Å². The van der Waals surface area contributed by atoms with Gasteiger partial charge in [0, 0.05) is 44.6 Å². The molecule has 1 aromatic carbocycles. The Bertz CT molecular complexity index is 1300. The summed E-state index contributed by atoms with van der Waals surface area (Å²) in [5.74, 6) is -3.29. The molecule has 1 aromatic rings. The molecule has 0 aliphatic carbocycles. The van der Waals surface area contributed by atoms with Gasteiger partial charge in [0.1, 0.15) is 30.7 Å². The minimum Gasteiger partial charge on any atom is -0.479 e. The maximum Gasteiger partial charge on any atom is 0.407 e. The fourth-order valence-electron chi connectivity index (χ4n) is 4.49. The summed E-state index contributed by atoms with van der Waals surface area (Å²) in [6.45, 7) is 2.11. The van der Waals surface area contributed by atoms with Crippen LogP contribution in [0.3, 0.4) is 0 Å². The van der Waals surface area contributed by atoms with E-state index >= 15 is 0 Å². The zero-order chi connectivity index (χ0) is 33.8. The number of carbonyl (C=O) groups is 6. The molecule has 17 nitrogen and oxygen atoms in total. The van der Waals surface area contributed by atoms with Crippen LogP contribution in [0.5, 0.6) is 5.75 Å². The van der Waals surface area contributed by atoms with E-state index in [0.717, 1.165) is 4.90 Å². The van der Waals surface area contributed by atoms with Crippen molar-refractivity contribution < 1.29 is 63.4 Å². The summed E-state index contributed by atoms with van der Waals surface area (Å²) in [6, 6.07) is 4.21. The lowest BCUT2D eigenvalue weighted by Crippen LogP contribution is -2.61. The van der Waals surface area contributed by atoms with E-state index in [4.69, 9.17) is 14.2 Å². The van der Waals surface area contributed by atoms with Crippen LogP contribution in [0.1, 0.15) is 44.6 Å². The molecule has 1 saturated heterocycles. The molecule has 0 saturated carbocycles. The number of imide groups is 1. The Morgan fingerprint density at radius 3 is 2.30 bits per heavy atom. The van der Waals surface area contributed by atoms with Crippen LogP contribution in [0.25, 0.3) is 0 Å². The van der Waals surface area contributed by atoms with Gasteiger partial charge < -0.3 is 50.6 Å². The van der Waals surface area contributed by atoms with Crippen LogP contribution < -0.4 is 20.7 Å². The molecule has 5 atom stereocenters. The number of nitrogens with one attached hydrogen (secondary N) is 3. The van der Waals surface area contributed by atoms with Crippen LogP contribution in [0.2, 0.25) is 0 Å². The summed E-state index contributed by atoms with van der Waals surface area (Å²) >= 11 is 0. The Kier molecular flexibility index (Phi) is 13.4. The number of hydrogen-bond donors (Lipinski definition) is 7. The van der Waals surface area contributed by atoms with E-state index in [-0.39, 0.29) is 61.7 Å². The number of aliphatic hydroxyl groups excluding tert-OH is 3. The predicted octanol–water partition coefficient (Wildman–Crippen LogP) is -0.866. The van der Waals surface area contributed by atoms with Crippen molar-refractivity contribution >= 4 is 41.4 Å². The molecule has 46 heavy (non-hydrogen) atoms. The van der Waals surface area contributed by atoms with E-state index in [1.54, 1.807) is 6.92 Å². The first-order valence-electron chi connectivity index (χ1n) is 14.6. The number of nitrogens with zero attached hydrogens (tertiary/aromatic N) is 1. The normalized spacial score (nSPS) is 22.3. The second-order valence-corrected chi connectivity index (χ2v) is 10.4. The van der Waals surface area contributed by atoms with Gasteiger partial charge in [-0.05, 0) is 37.5 Å². The second kappa shape index (κ2) is 17.2. The van der Waals surface area contributed by atoms with E-state index < -0.39 is 48.7 Å². The van der Waals surface area contributed by atoms with Gasteiger partial charge in [-0.3, -0.25) is 24.1 Å². The van der Waals surface area contributed by atoms with Crippen molar-refractivity contribution in [3.63, 3.8) is 0 Å². The van der Waals surface area contributed by atoms with E-state index in [1.165, 1.54) is 30.4 Å². The highest BCUT2D eigenvalue weighted by molar-refractivity contribution is 6.12. The smallest absolute Gasteiger partial charge is 0.407 e. The molecule has 2 aliphatic rings. The van der Waals surface area contributed by atoms with Crippen LogP contribution in [0.15, 0.2) is 30.4 Å². The lowest BCUT2D eigenvalue weighted by molar-refractivity contribution is -0.271. The third kappa shape index (κ3) is 10.2. The topological polar surface area (TPSA) is 250 Å². The molecule has 0 bridgehead atoms. The van der Waals surface area contributed by atoms with Gasteiger partial charge in [0.15, 0.2) is 6.10 Å². The lowest BCUT2D eigenvalue weighted by atomic mass is 9.99. The number of alkyl carbamates (subject to hydrolysis) is 1. The van der Waals surface area contributed by atoms with Crippen LogP contribution >= 0.6 is 0 Å². The molecule has 1 fully saturated rings. The highest BCUT2D eigenvalue weighted by Crippen LogP contribution is 2.31. The number of unbranched alkanes of at least 4 members (excludes halogenated alkanes) is 2. The zero-order valence-electron chi connectivity index (χ0n) is 25.0. The molecule has 2 unspecified atom stereocenters. The highest BCUT2D eigenvalue weighted by atomic mass is 16.7. The summed E-state index contributed by atoms with van der Waals surface area (Å²) in [7, 11) is 0. The zero-order valence-corrected chi connectivity index (χ0v) is 25.0. The summed E-state index contributed by atoms with van der Waals surface area (Å²) in [4.78, 5) is 72.4. The van der Waals surface area contributed by atoms with Gasteiger partial charge in [-0.2, -0.15) is 0 Å². The standard InChI is InChI=1S/C29H38N4O13/c1-2-30-29(43)44-15-16-7-8-18(45-28-25(40)23(38)24(39)26(46-28)27(41)42)17(14-16)32-20(35)11-12-31-19(34)6-4-3-5-13-33-21(36)9-10-22(33)37/h7-10,14,23-26,28,38-40H,2-6,11-13,15H2,1H3,(H,30,43)(H,31,34)(H,32,35)(H,41,42)/t23-,24-,25?,26?,28+/m0/s1. The third-order valence-electron chi connectivity index (χ3n) is 6.93. The van der Waals surface area contributed by atoms with Crippen molar-refractivity contribution in [2.75, 3.05) is 25.0 Å². The first kappa shape index (κ1) is 35.9. The van der Waals surface area contributed by atoms with Gasteiger partial charge in [0.25, 0.3) is 11.8 Å². The maximum atomic E-state index is 12.8. The molecule has 0 aromatic heterocycles. The monoisotopic (exact) mass is 650 g/mol. The number of hydrogen-bond acceptors (Lipinski definition) is 12. The number of carboxylic acid groups (broad SMARTS) is 1. The Hall–Kier alpha value is -4.58. The van der Waals surface area contributed by atoms with E-state index in [1.807, 2.05) is 0 Å². The van der Waals surface area contributed by atoms with Crippen molar-refractivity contribution in [3.8, 4) is 5.75 Å². The van der Waals surface area contributed by atoms with Crippen molar-refractivity contribution in [2.24, 2.45) is 0 Å². The largest absolute Gasteiger partial charge is 0.479 e.